The summed E-state index contributed by atoms with van der Waals surface area (Å²) in [5.74, 6) is -0.0196. The molecule has 1 aliphatic rings. The molecular formula is C10H20O4S. The van der Waals surface area contributed by atoms with Crippen molar-refractivity contribution in [3.8, 4) is 0 Å². The Bertz CT molecular complexity index is 311. The number of hydrogen-bond acceptors (Lipinski definition) is 4. The number of aliphatic hydroxyl groups is 2. The Hall–Kier alpha value is -0.130. The molecule has 0 unspecified atom stereocenters. The van der Waals surface area contributed by atoms with Gasteiger partial charge in [-0.3, -0.25) is 0 Å². The highest BCUT2D eigenvalue weighted by Gasteiger charge is 2.52. The van der Waals surface area contributed by atoms with Crippen LogP contribution in [0.1, 0.15) is 26.7 Å². The lowest BCUT2D eigenvalue weighted by molar-refractivity contribution is 0.205. The molecule has 90 valence electrons. The van der Waals surface area contributed by atoms with Gasteiger partial charge in [0.2, 0.25) is 0 Å². The maximum absolute atomic E-state index is 12.0. The molecule has 0 radical (unpaired) electrons. The average molecular weight is 236 g/mol. The number of aliphatic hydroxyl groups excluding tert-OH is 2. The van der Waals surface area contributed by atoms with Gasteiger partial charge in [0.1, 0.15) is 0 Å². The average Bonchev–Trinajstić information content (AvgIpc) is 2.56. The quantitative estimate of drug-likeness (QED) is 0.731. The van der Waals surface area contributed by atoms with Crippen molar-refractivity contribution in [1.82, 2.24) is 0 Å². The molecule has 1 fully saturated rings. The largest absolute Gasteiger partial charge is 0.396 e. The Labute approximate surface area is 91.2 Å². The van der Waals surface area contributed by atoms with E-state index < -0.39 is 14.6 Å². The number of sulfone groups is 1. The van der Waals surface area contributed by atoms with Gasteiger partial charge in [-0.05, 0) is 24.7 Å². The van der Waals surface area contributed by atoms with Gasteiger partial charge in [-0.1, -0.05) is 13.8 Å². The van der Waals surface area contributed by atoms with Gasteiger partial charge in [0, 0.05) is 12.4 Å². The fourth-order valence-electron chi connectivity index (χ4n) is 2.67. The summed E-state index contributed by atoms with van der Waals surface area (Å²) < 4.78 is 23.0. The second kappa shape index (κ2) is 4.39. The third-order valence-electron chi connectivity index (χ3n) is 3.74. The third kappa shape index (κ3) is 1.92. The normalized spacial score (nSPS) is 37.1. The highest BCUT2D eigenvalue weighted by Crippen LogP contribution is 2.44. The van der Waals surface area contributed by atoms with Gasteiger partial charge in [-0.15, -0.1) is 0 Å². The van der Waals surface area contributed by atoms with Crippen molar-refractivity contribution in [2.24, 2.45) is 11.8 Å². The molecule has 1 rings (SSSR count). The van der Waals surface area contributed by atoms with Crippen molar-refractivity contribution in [3.63, 3.8) is 0 Å². The van der Waals surface area contributed by atoms with E-state index in [9.17, 15) is 13.5 Å². The van der Waals surface area contributed by atoms with Crippen LogP contribution in [-0.4, -0.2) is 42.3 Å². The fraction of sp³-hybridized carbons (Fsp3) is 1.00. The molecule has 0 aromatic carbocycles. The highest BCUT2D eigenvalue weighted by atomic mass is 32.2. The summed E-state index contributed by atoms with van der Waals surface area (Å²) >= 11 is 0. The minimum absolute atomic E-state index is 0.00528. The molecule has 5 heteroatoms. The van der Waals surface area contributed by atoms with Crippen molar-refractivity contribution in [2.45, 2.75) is 31.4 Å². The lowest BCUT2D eigenvalue weighted by Gasteiger charge is -2.30. The first-order chi connectivity index (χ1) is 6.93. The molecule has 0 bridgehead atoms. The van der Waals surface area contributed by atoms with E-state index in [-0.39, 0.29) is 30.8 Å². The lowest BCUT2D eigenvalue weighted by Crippen LogP contribution is -2.45. The molecule has 1 aliphatic carbocycles. The Morgan fingerprint density at radius 3 is 2.33 bits per heavy atom. The molecule has 0 aromatic heterocycles. The monoisotopic (exact) mass is 236 g/mol. The van der Waals surface area contributed by atoms with E-state index >= 15 is 0 Å². The summed E-state index contributed by atoms with van der Waals surface area (Å²) in [5, 5.41) is 18.5. The highest BCUT2D eigenvalue weighted by molar-refractivity contribution is 7.92. The Kier molecular flexibility index (Phi) is 3.79. The molecule has 4 nitrogen and oxygen atoms in total. The van der Waals surface area contributed by atoms with Crippen molar-refractivity contribution in [3.05, 3.63) is 0 Å². The van der Waals surface area contributed by atoms with E-state index in [2.05, 4.69) is 0 Å². The van der Waals surface area contributed by atoms with E-state index in [1.165, 1.54) is 0 Å². The smallest absolute Gasteiger partial charge is 0.158 e. The van der Waals surface area contributed by atoms with E-state index in [4.69, 9.17) is 5.11 Å². The first-order valence-electron chi connectivity index (χ1n) is 5.37. The Morgan fingerprint density at radius 1 is 1.40 bits per heavy atom. The van der Waals surface area contributed by atoms with Crippen LogP contribution in [0.3, 0.4) is 0 Å². The van der Waals surface area contributed by atoms with Gasteiger partial charge in [-0.25, -0.2) is 8.42 Å². The molecule has 2 N–H and O–H groups in total. The summed E-state index contributed by atoms with van der Waals surface area (Å²) in [5.41, 5.74) is 0. The number of hydrogen-bond donors (Lipinski definition) is 2. The lowest BCUT2D eigenvalue weighted by atomic mass is 9.98. The maximum atomic E-state index is 12.0. The first-order valence-corrected chi connectivity index (χ1v) is 7.02. The van der Waals surface area contributed by atoms with Crippen LogP contribution in [0.25, 0.3) is 0 Å². The second-order valence-corrected chi connectivity index (χ2v) is 7.14. The van der Waals surface area contributed by atoms with Crippen molar-refractivity contribution >= 4 is 9.84 Å². The molecule has 0 aromatic rings. The summed E-state index contributed by atoms with van der Waals surface area (Å²) in [7, 11) is -3.26. The first kappa shape index (κ1) is 12.9. The second-order valence-electron chi connectivity index (χ2n) is 4.52. The van der Waals surface area contributed by atoms with Gasteiger partial charge in [0.15, 0.2) is 9.84 Å². The SMILES string of the molecule is CCS(=O)(=O)[C@]1(CO)C[C@@H](CO)C[C@H]1C. The van der Waals surface area contributed by atoms with E-state index in [0.29, 0.717) is 12.8 Å². The van der Waals surface area contributed by atoms with Gasteiger partial charge >= 0.3 is 0 Å². The zero-order valence-corrected chi connectivity index (χ0v) is 10.1. The summed E-state index contributed by atoms with van der Waals surface area (Å²) in [6.07, 6.45) is 1.06. The Morgan fingerprint density at radius 2 is 2.00 bits per heavy atom. The predicted octanol–water partition coefficient (Wildman–Crippen LogP) is 0.191. The van der Waals surface area contributed by atoms with Gasteiger partial charge < -0.3 is 10.2 Å². The van der Waals surface area contributed by atoms with Gasteiger partial charge in [0.05, 0.1) is 11.4 Å². The van der Waals surface area contributed by atoms with E-state index in [0.717, 1.165) is 0 Å². The third-order valence-corrected chi connectivity index (χ3v) is 6.44. The van der Waals surface area contributed by atoms with Crippen LogP contribution in [0.4, 0.5) is 0 Å². The van der Waals surface area contributed by atoms with Gasteiger partial charge in [-0.2, -0.15) is 0 Å². The van der Waals surface area contributed by atoms with Crippen molar-refractivity contribution < 1.29 is 18.6 Å². The van der Waals surface area contributed by atoms with Crippen LogP contribution in [0.5, 0.6) is 0 Å². The molecule has 0 amide bonds. The predicted molar refractivity (Wildman–Crippen MR) is 58.3 cm³/mol. The molecule has 0 aliphatic heterocycles. The minimum Gasteiger partial charge on any atom is -0.396 e. The van der Waals surface area contributed by atoms with Crippen molar-refractivity contribution in [1.29, 1.82) is 0 Å². The molecule has 1 saturated carbocycles. The number of rotatable bonds is 4. The van der Waals surface area contributed by atoms with Crippen LogP contribution in [0.15, 0.2) is 0 Å². The van der Waals surface area contributed by atoms with Gasteiger partial charge in [0.25, 0.3) is 0 Å². The van der Waals surface area contributed by atoms with E-state index in [1.807, 2.05) is 6.92 Å². The molecule has 15 heavy (non-hydrogen) atoms. The fourth-order valence-corrected chi connectivity index (χ4v) is 4.64. The summed E-state index contributed by atoms with van der Waals surface area (Å²) in [6, 6.07) is 0. The minimum atomic E-state index is -3.26. The van der Waals surface area contributed by atoms with Crippen LogP contribution < -0.4 is 0 Å². The van der Waals surface area contributed by atoms with E-state index in [1.54, 1.807) is 6.92 Å². The molecule has 0 spiro atoms. The van der Waals surface area contributed by atoms with Crippen LogP contribution in [-0.2, 0) is 9.84 Å². The molecule has 0 saturated heterocycles. The standard InChI is InChI=1S/C10H20O4S/c1-3-15(13,14)10(7-12)5-9(6-11)4-8(10)2/h8-9,11-12H,3-7H2,1-2H3/t8-,9+,10+/m1/s1. The Balaban J connectivity index is 3.06. The van der Waals surface area contributed by atoms with Crippen LogP contribution in [0.2, 0.25) is 0 Å². The summed E-state index contributed by atoms with van der Waals surface area (Å²) in [6.45, 7) is 3.12. The molecule has 0 heterocycles. The van der Waals surface area contributed by atoms with Crippen LogP contribution >= 0.6 is 0 Å². The maximum Gasteiger partial charge on any atom is 0.158 e. The zero-order chi connectivity index (χ0) is 11.7. The molecular weight excluding hydrogens is 216 g/mol. The molecule has 3 atom stereocenters. The topological polar surface area (TPSA) is 74.6 Å². The summed E-state index contributed by atoms with van der Waals surface area (Å²) in [4.78, 5) is 0. The van der Waals surface area contributed by atoms with Crippen molar-refractivity contribution in [2.75, 3.05) is 19.0 Å². The zero-order valence-electron chi connectivity index (χ0n) is 9.31. The van der Waals surface area contributed by atoms with Crippen LogP contribution in [0, 0.1) is 11.8 Å².